The van der Waals surface area contributed by atoms with Gasteiger partial charge in [0.25, 0.3) is 0 Å². The van der Waals surface area contributed by atoms with Gasteiger partial charge in [-0.2, -0.15) is 0 Å². The van der Waals surface area contributed by atoms with Gasteiger partial charge in [0.2, 0.25) is 5.91 Å². The molecule has 0 aliphatic carbocycles. The summed E-state index contributed by atoms with van der Waals surface area (Å²) in [5.74, 6) is 0.0208. The lowest BCUT2D eigenvalue weighted by atomic mass is 9.95. The van der Waals surface area contributed by atoms with E-state index in [1.54, 1.807) is 12.1 Å². The van der Waals surface area contributed by atoms with E-state index in [1.807, 2.05) is 0 Å². The van der Waals surface area contributed by atoms with Crippen LogP contribution in [0.2, 0.25) is 0 Å². The average molecular weight is 419 g/mol. The van der Waals surface area contributed by atoms with Crippen molar-refractivity contribution in [1.82, 2.24) is 10.2 Å². The molecule has 5 heteroatoms. The van der Waals surface area contributed by atoms with Crippen LogP contribution in [0.25, 0.3) is 0 Å². The number of nitrogens with zero attached hydrogens (tertiary/aromatic N) is 1. The van der Waals surface area contributed by atoms with Crippen LogP contribution < -0.4 is 5.32 Å². The van der Waals surface area contributed by atoms with Crippen LogP contribution in [0, 0.1) is 11.7 Å². The summed E-state index contributed by atoms with van der Waals surface area (Å²) in [6.07, 6.45) is 2.53. The molecule has 3 nitrogen and oxygen atoms in total. The smallest absolute Gasteiger partial charge is 0.223 e. The average Bonchev–Trinajstić information content (AvgIpc) is 2.66. The van der Waals surface area contributed by atoms with Gasteiger partial charge in [0, 0.05) is 23.5 Å². The molecule has 0 unspecified atom stereocenters. The Balaban J connectivity index is 1.37. The standard InChI is InChI=1S/C21H24BrFN2O/c22-19-5-1-17(2-6-19)15-25-13-10-18(11-14-25)21(26)24-12-9-16-3-7-20(23)8-4-16/h1-8,18H,9-15H2,(H,24,26). The van der Waals surface area contributed by atoms with Crippen molar-refractivity contribution >= 4 is 21.8 Å². The highest BCUT2D eigenvalue weighted by Crippen LogP contribution is 2.20. The molecule has 1 saturated heterocycles. The number of hydrogen-bond donors (Lipinski definition) is 1. The van der Waals surface area contributed by atoms with Gasteiger partial charge in [0.1, 0.15) is 5.82 Å². The molecule has 0 aromatic heterocycles. The Labute approximate surface area is 162 Å². The number of carbonyl (C=O) groups excluding carboxylic acids is 1. The maximum atomic E-state index is 12.9. The van der Waals surface area contributed by atoms with Crippen molar-refractivity contribution < 1.29 is 9.18 Å². The van der Waals surface area contributed by atoms with Gasteiger partial charge < -0.3 is 5.32 Å². The Hall–Kier alpha value is -1.72. The van der Waals surface area contributed by atoms with E-state index in [0.717, 1.165) is 48.9 Å². The molecule has 0 atom stereocenters. The zero-order valence-electron chi connectivity index (χ0n) is 14.8. The van der Waals surface area contributed by atoms with Crippen molar-refractivity contribution in [1.29, 1.82) is 0 Å². The summed E-state index contributed by atoms with van der Waals surface area (Å²) in [5.41, 5.74) is 2.34. The summed E-state index contributed by atoms with van der Waals surface area (Å²) >= 11 is 3.46. The normalized spacial score (nSPS) is 15.8. The third-order valence-corrected chi connectivity index (χ3v) is 5.43. The van der Waals surface area contributed by atoms with E-state index in [-0.39, 0.29) is 17.6 Å². The molecule has 1 heterocycles. The number of likely N-dealkylation sites (tertiary alicyclic amines) is 1. The summed E-state index contributed by atoms with van der Waals surface area (Å²) in [4.78, 5) is 14.8. The second-order valence-corrected chi connectivity index (χ2v) is 7.76. The monoisotopic (exact) mass is 418 g/mol. The maximum absolute atomic E-state index is 12.9. The van der Waals surface area contributed by atoms with E-state index < -0.39 is 0 Å². The molecular formula is C21H24BrFN2O. The summed E-state index contributed by atoms with van der Waals surface area (Å²) < 4.78 is 14.0. The van der Waals surface area contributed by atoms with Gasteiger partial charge >= 0.3 is 0 Å². The highest BCUT2D eigenvalue weighted by molar-refractivity contribution is 9.10. The number of piperidine rings is 1. The highest BCUT2D eigenvalue weighted by Gasteiger charge is 2.24. The summed E-state index contributed by atoms with van der Waals surface area (Å²) in [6, 6.07) is 14.9. The Bertz CT molecular complexity index is 710. The lowest BCUT2D eigenvalue weighted by Crippen LogP contribution is -2.40. The maximum Gasteiger partial charge on any atom is 0.223 e. The number of hydrogen-bond acceptors (Lipinski definition) is 2. The van der Waals surface area contributed by atoms with Crippen molar-refractivity contribution in [3.8, 4) is 0 Å². The van der Waals surface area contributed by atoms with Gasteiger partial charge in [-0.3, -0.25) is 9.69 Å². The minimum absolute atomic E-state index is 0.101. The fourth-order valence-electron chi connectivity index (χ4n) is 3.33. The lowest BCUT2D eigenvalue weighted by molar-refractivity contribution is -0.126. The first-order valence-electron chi connectivity index (χ1n) is 9.09. The highest BCUT2D eigenvalue weighted by atomic mass is 79.9. The van der Waals surface area contributed by atoms with Crippen LogP contribution in [0.15, 0.2) is 53.0 Å². The van der Waals surface area contributed by atoms with Crippen LogP contribution in [0.4, 0.5) is 4.39 Å². The van der Waals surface area contributed by atoms with Crippen LogP contribution in [-0.4, -0.2) is 30.4 Å². The molecule has 138 valence electrons. The van der Waals surface area contributed by atoms with E-state index in [1.165, 1.54) is 17.7 Å². The van der Waals surface area contributed by atoms with Gasteiger partial charge in [0.15, 0.2) is 0 Å². The molecule has 0 spiro atoms. The Kier molecular flexibility index (Phi) is 6.80. The van der Waals surface area contributed by atoms with E-state index in [0.29, 0.717) is 6.54 Å². The van der Waals surface area contributed by atoms with Crippen molar-refractivity contribution in [3.63, 3.8) is 0 Å². The molecule has 26 heavy (non-hydrogen) atoms. The Morgan fingerprint density at radius 2 is 1.65 bits per heavy atom. The number of nitrogens with one attached hydrogen (secondary N) is 1. The van der Waals surface area contributed by atoms with Crippen LogP contribution in [-0.2, 0) is 17.8 Å². The SMILES string of the molecule is O=C(NCCc1ccc(F)cc1)C1CCN(Cc2ccc(Br)cc2)CC1. The third kappa shape index (κ3) is 5.64. The molecule has 1 fully saturated rings. The van der Waals surface area contributed by atoms with Crippen LogP contribution in [0.1, 0.15) is 24.0 Å². The van der Waals surface area contributed by atoms with E-state index in [2.05, 4.69) is 50.4 Å². The molecule has 0 bridgehead atoms. The molecule has 1 aliphatic rings. The molecule has 0 saturated carbocycles. The van der Waals surface area contributed by atoms with Crippen LogP contribution >= 0.6 is 15.9 Å². The van der Waals surface area contributed by atoms with E-state index in [4.69, 9.17) is 0 Å². The first-order valence-corrected chi connectivity index (χ1v) is 9.88. The third-order valence-electron chi connectivity index (χ3n) is 4.90. The fourth-order valence-corrected chi connectivity index (χ4v) is 3.59. The van der Waals surface area contributed by atoms with Gasteiger partial charge in [-0.05, 0) is 67.7 Å². The molecule has 0 radical (unpaired) electrons. The number of carbonyl (C=O) groups is 1. The molecule has 3 rings (SSSR count). The van der Waals surface area contributed by atoms with E-state index in [9.17, 15) is 9.18 Å². The number of amides is 1. The zero-order valence-corrected chi connectivity index (χ0v) is 16.3. The van der Waals surface area contributed by atoms with Gasteiger partial charge in [0.05, 0.1) is 0 Å². The number of benzene rings is 2. The predicted octanol–water partition coefficient (Wildman–Crippen LogP) is 4.16. The molecule has 2 aromatic rings. The van der Waals surface area contributed by atoms with Crippen molar-refractivity contribution in [3.05, 3.63) is 69.9 Å². The Morgan fingerprint density at radius 1 is 1.04 bits per heavy atom. The summed E-state index contributed by atoms with van der Waals surface area (Å²) in [6.45, 7) is 3.44. The second kappa shape index (κ2) is 9.28. The van der Waals surface area contributed by atoms with E-state index >= 15 is 0 Å². The first kappa shape index (κ1) is 19.1. The van der Waals surface area contributed by atoms with Crippen LogP contribution in [0.5, 0.6) is 0 Å². The molecule has 1 aliphatic heterocycles. The quantitative estimate of drug-likeness (QED) is 0.763. The van der Waals surface area contributed by atoms with Gasteiger partial charge in [-0.25, -0.2) is 4.39 Å². The largest absolute Gasteiger partial charge is 0.356 e. The lowest BCUT2D eigenvalue weighted by Gasteiger charge is -2.31. The van der Waals surface area contributed by atoms with Gasteiger partial charge in [-0.1, -0.05) is 40.2 Å². The fraction of sp³-hybridized carbons (Fsp3) is 0.381. The number of rotatable bonds is 6. The molecule has 1 amide bonds. The van der Waals surface area contributed by atoms with Crippen molar-refractivity contribution in [2.45, 2.75) is 25.8 Å². The first-order chi connectivity index (χ1) is 12.6. The predicted molar refractivity (Wildman–Crippen MR) is 105 cm³/mol. The summed E-state index contributed by atoms with van der Waals surface area (Å²) in [7, 11) is 0. The zero-order chi connectivity index (χ0) is 18.4. The van der Waals surface area contributed by atoms with Crippen molar-refractivity contribution in [2.24, 2.45) is 5.92 Å². The minimum Gasteiger partial charge on any atom is -0.356 e. The minimum atomic E-state index is -0.229. The molecule has 1 N–H and O–H groups in total. The number of halogens is 2. The molecule has 2 aromatic carbocycles. The van der Waals surface area contributed by atoms with Crippen molar-refractivity contribution in [2.75, 3.05) is 19.6 Å². The molecular weight excluding hydrogens is 395 g/mol. The summed E-state index contributed by atoms with van der Waals surface area (Å²) in [5, 5.41) is 3.03. The Morgan fingerprint density at radius 3 is 2.31 bits per heavy atom. The van der Waals surface area contributed by atoms with Crippen LogP contribution in [0.3, 0.4) is 0 Å². The second-order valence-electron chi connectivity index (χ2n) is 6.84. The topological polar surface area (TPSA) is 32.3 Å². The van der Waals surface area contributed by atoms with Gasteiger partial charge in [-0.15, -0.1) is 0 Å².